The first-order valence-corrected chi connectivity index (χ1v) is 5.98. The van der Waals surface area contributed by atoms with E-state index in [1.807, 2.05) is 13.8 Å². The first-order chi connectivity index (χ1) is 9.06. The van der Waals surface area contributed by atoms with Gasteiger partial charge in [0, 0.05) is 17.3 Å². The summed E-state index contributed by atoms with van der Waals surface area (Å²) in [5.41, 5.74) is 0.709. The molecule has 2 aromatic rings. The third-order valence-corrected chi connectivity index (χ3v) is 2.46. The zero-order chi connectivity index (χ0) is 13.8. The highest BCUT2D eigenvalue weighted by Crippen LogP contribution is 2.16. The van der Waals surface area contributed by atoms with E-state index in [-0.39, 0.29) is 17.5 Å². The average Bonchev–Trinajstić information content (AvgIpc) is 2.38. The van der Waals surface area contributed by atoms with Crippen LogP contribution in [0.2, 0.25) is 0 Å². The third kappa shape index (κ3) is 3.37. The maximum atomic E-state index is 13.0. The van der Waals surface area contributed by atoms with E-state index in [4.69, 9.17) is 4.74 Å². The van der Waals surface area contributed by atoms with Crippen LogP contribution in [-0.4, -0.2) is 16.9 Å². The Morgan fingerprint density at radius 1 is 1.16 bits per heavy atom. The van der Waals surface area contributed by atoms with Gasteiger partial charge in [-0.2, -0.15) is 0 Å². The highest BCUT2D eigenvalue weighted by atomic mass is 19.1. The molecule has 0 aliphatic carbocycles. The van der Waals surface area contributed by atoms with Crippen molar-refractivity contribution < 1.29 is 13.9 Å². The molecule has 0 saturated carbocycles. The van der Waals surface area contributed by atoms with Gasteiger partial charge in [0.1, 0.15) is 11.6 Å². The molecule has 4 heteroatoms. The number of carbonyl (C=O) groups is 1. The molecule has 1 aromatic carbocycles. The molecular weight excluding hydrogens is 245 g/mol. The SMILES string of the molecule is CC(C)Oc1ccc(C(=O)c2cncc(F)c2)cc1. The van der Waals surface area contributed by atoms with Crippen molar-refractivity contribution in [2.75, 3.05) is 0 Å². The fraction of sp³-hybridized carbons (Fsp3) is 0.200. The van der Waals surface area contributed by atoms with Crippen molar-refractivity contribution in [3.63, 3.8) is 0 Å². The second kappa shape index (κ2) is 5.61. The summed E-state index contributed by atoms with van der Waals surface area (Å²) < 4.78 is 18.5. The highest BCUT2D eigenvalue weighted by Gasteiger charge is 2.10. The van der Waals surface area contributed by atoms with E-state index in [1.165, 1.54) is 12.3 Å². The molecule has 0 atom stereocenters. The van der Waals surface area contributed by atoms with Crippen molar-refractivity contribution in [1.29, 1.82) is 0 Å². The van der Waals surface area contributed by atoms with Crippen molar-refractivity contribution in [2.24, 2.45) is 0 Å². The molecule has 0 bridgehead atoms. The van der Waals surface area contributed by atoms with Crippen LogP contribution in [0.15, 0.2) is 42.7 Å². The Morgan fingerprint density at radius 3 is 2.42 bits per heavy atom. The topological polar surface area (TPSA) is 39.2 Å². The van der Waals surface area contributed by atoms with Gasteiger partial charge in [-0.15, -0.1) is 0 Å². The third-order valence-electron chi connectivity index (χ3n) is 2.46. The van der Waals surface area contributed by atoms with Gasteiger partial charge in [-0.3, -0.25) is 9.78 Å². The predicted molar refractivity (Wildman–Crippen MR) is 69.8 cm³/mol. The van der Waals surface area contributed by atoms with Crippen LogP contribution in [0.25, 0.3) is 0 Å². The molecule has 1 aromatic heterocycles. The molecule has 98 valence electrons. The first kappa shape index (κ1) is 13.2. The number of benzene rings is 1. The van der Waals surface area contributed by atoms with Crippen molar-refractivity contribution in [3.05, 3.63) is 59.7 Å². The number of carbonyl (C=O) groups excluding carboxylic acids is 1. The smallest absolute Gasteiger partial charge is 0.194 e. The molecule has 0 saturated heterocycles. The molecule has 3 nitrogen and oxygen atoms in total. The molecule has 0 spiro atoms. The Bertz CT molecular complexity index is 579. The van der Waals surface area contributed by atoms with Gasteiger partial charge in [0.25, 0.3) is 0 Å². The molecular formula is C15H14FNO2. The van der Waals surface area contributed by atoms with Crippen molar-refractivity contribution in [3.8, 4) is 5.75 Å². The van der Waals surface area contributed by atoms with E-state index in [2.05, 4.69) is 4.98 Å². The number of ketones is 1. The zero-order valence-corrected chi connectivity index (χ0v) is 10.8. The van der Waals surface area contributed by atoms with E-state index in [1.54, 1.807) is 24.3 Å². The lowest BCUT2D eigenvalue weighted by Gasteiger charge is -2.09. The van der Waals surface area contributed by atoms with E-state index in [0.29, 0.717) is 11.3 Å². The van der Waals surface area contributed by atoms with Crippen LogP contribution in [0.4, 0.5) is 4.39 Å². The number of hydrogen-bond donors (Lipinski definition) is 0. The number of pyridine rings is 1. The standard InChI is InChI=1S/C15H14FNO2/c1-10(2)19-14-5-3-11(4-6-14)15(18)12-7-13(16)9-17-8-12/h3-10H,1-2H3. The Kier molecular flexibility index (Phi) is 3.90. The van der Waals surface area contributed by atoms with Crippen LogP contribution in [-0.2, 0) is 0 Å². The molecule has 0 radical (unpaired) electrons. The maximum absolute atomic E-state index is 13.0. The second-order valence-electron chi connectivity index (χ2n) is 4.41. The normalized spacial score (nSPS) is 10.5. The van der Waals surface area contributed by atoms with Crippen molar-refractivity contribution >= 4 is 5.78 Å². The highest BCUT2D eigenvalue weighted by molar-refractivity contribution is 6.08. The lowest BCUT2D eigenvalue weighted by Crippen LogP contribution is -2.06. The molecule has 0 N–H and O–H groups in total. The van der Waals surface area contributed by atoms with Gasteiger partial charge < -0.3 is 4.74 Å². The minimum Gasteiger partial charge on any atom is -0.491 e. The maximum Gasteiger partial charge on any atom is 0.194 e. The monoisotopic (exact) mass is 259 g/mol. The van der Waals surface area contributed by atoms with E-state index in [0.717, 1.165) is 6.20 Å². The summed E-state index contributed by atoms with van der Waals surface area (Å²) in [5, 5.41) is 0. The van der Waals surface area contributed by atoms with Crippen LogP contribution in [0, 0.1) is 5.82 Å². The van der Waals surface area contributed by atoms with E-state index >= 15 is 0 Å². The lowest BCUT2D eigenvalue weighted by molar-refractivity contribution is 0.103. The van der Waals surface area contributed by atoms with Crippen LogP contribution in [0.1, 0.15) is 29.8 Å². The average molecular weight is 259 g/mol. The van der Waals surface area contributed by atoms with Gasteiger partial charge in [0.05, 0.1) is 12.3 Å². The van der Waals surface area contributed by atoms with Gasteiger partial charge in [-0.25, -0.2) is 4.39 Å². The predicted octanol–water partition coefficient (Wildman–Crippen LogP) is 3.24. The lowest BCUT2D eigenvalue weighted by atomic mass is 10.1. The fourth-order valence-electron chi connectivity index (χ4n) is 1.66. The van der Waals surface area contributed by atoms with Gasteiger partial charge in [-0.1, -0.05) is 0 Å². The minimum atomic E-state index is -0.523. The van der Waals surface area contributed by atoms with Gasteiger partial charge in [-0.05, 0) is 44.2 Å². The molecule has 0 unspecified atom stereocenters. The van der Waals surface area contributed by atoms with Crippen molar-refractivity contribution in [1.82, 2.24) is 4.98 Å². The van der Waals surface area contributed by atoms with Crippen LogP contribution < -0.4 is 4.74 Å². The summed E-state index contributed by atoms with van der Waals surface area (Å²) in [6.45, 7) is 3.86. The van der Waals surface area contributed by atoms with Gasteiger partial charge >= 0.3 is 0 Å². The quantitative estimate of drug-likeness (QED) is 0.791. The molecule has 19 heavy (non-hydrogen) atoms. The summed E-state index contributed by atoms with van der Waals surface area (Å²) >= 11 is 0. The minimum absolute atomic E-state index is 0.0778. The number of ether oxygens (including phenoxy) is 1. The molecule has 0 aliphatic rings. The molecule has 0 fully saturated rings. The fourth-order valence-corrected chi connectivity index (χ4v) is 1.66. The molecule has 1 heterocycles. The van der Waals surface area contributed by atoms with Crippen LogP contribution in [0.5, 0.6) is 5.75 Å². The summed E-state index contributed by atoms with van der Waals surface area (Å²) in [4.78, 5) is 15.8. The first-order valence-electron chi connectivity index (χ1n) is 5.98. The van der Waals surface area contributed by atoms with Crippen LogP contribution in [0.3, 0.4) is 0 Å². The molecule has 0 aliphatic heterocycles. The summed E-state index contributed by atoms with van der Waals surface area (Å²) in [6.07, 6.45) is 2.49. The van der Waals surface area contributed by atoms with E-state index < -0.39 is 5.82 Å². The van der Waals surface area contributed by atoms with Gasteiger partial charge in [0.15, 0.2) is 5.78 Å². The van der Waals surface area contributed by atoms with Gasteiger partial charge in [0.2, 0.25) is 0 Å². The summed E-state index contributed by atoms with van der Waals surface area (Å²) in [6, 6.07) is 7.93. The number of rotatable bonds is 4. The van der Waals surface area contributed by atoms with E-state index in [9.17, 15) is 9.18 Å². The Morgan fingerprint density at radius 2 is 1.84 bits per heavy atom. The Labute approximate surface area is 111 Å². The summed E-state index contributed by atoms with van der Waals surface area (Å²) in [7, 11) is 0. The molecule has 0 amide bonds. The van der Waals surface area contributed by atoms with Crippen LogP contribution >= 0.6 is 0 Å². The Balaban J connectivity index is 2.20. The van der Waals surface area contributed by atoms with Crippen molar-refractivity contribution in [2.45, 2.75) is 20.0 Å². The summed E-state index contributed by atoms with van der Waals surface area (Å²) in [5.74, 6) is -0.0855. The number of halogens is 1. The molecule has 2 rings (SSSR count). The number of aromatic nitrogens is 1. The zero-order valence-electron chi connectivity index (χ0n) is 10.8. The number of hydrogen-bond acceptors (Lipinski definition) is 3. The Hall–Kier alpha value is -2.23. The largest absolute Gasteiger partial charge is 0.491 e. The second-order valence-corrected chi connectivity index (χ2v) is 4.41. The number of nitrogens with zero attached hydrogens (tertiary/aromatic N) is 1.